The van der Waals surface area contributed by atoms with Crippen molar-refractivity contribution < 1.29 is 13.2 Å². The lowest BCUT2D eigenvalue weighted by molar-refractivity contribution is 0.0773. The van der Waals surface area contributed by atoms with Crippen LogP contribution in [0.1, 0.15) is 50.0 Å². The van der Waals surface area contributed by atoms with Crippen molar-refractivity contribution in [2.45, 2.75) is 45.4 Å². The molecule has 2 aromatic rings. The molecule has 28 heavy (non-hydrogen) atoms. The van der Waals surface area contributed by atoms with Crippen molar-refractivity contribution in [2.75, 3.05) is 17.8 Å². The topological polar surface area (TPSA) is 66.5 Å². The van der Waals surface area contributed by atoms with Gasteiger partial charge in [0.05, 0.1) is 4.90 Å². The summed E-state index contributed by atoms with van der Waals surface area (Å²) in [5.74, 6) is 0.497. The first-order chi connectivity index (χ1) is 13.3. The standard InChI is InChI=1S/C22H30N2O3S/c1-5-24(6-2)22(25)19-8-7-9-20(16-19)23-28(26,27)21-14-12-18(13-15-21)11-10-17(3)4/h7-9,12-17,23H,5-6,10-11H2,1-4H3. The highest BCUT2D eigenvalue weighted by atomic mass is 32.2. The second-order valence-corrected chi connectivity index (χ2v) is 8.92. The molecule has 2 rings (SSSR count). The molecule has 0 bridgehead atoms. The van der Waals surface area contributed by atoms with Crippen molar-refractivity contribution in [3.8, 4) is 0 Å². The first-order valence-electron chi connectivity index (χ1n) is 9.78. The molecule has 152 valence electrons. The van der Waals surface area contributed by atoms with E-state index >= 15 is 0 Å². The Bertz CT molecular complexity index is 886. The highest BCUT2D eigenvalue weighted by Gasteiger charge is 2.17. The van der Waals surface area contributed by atoms with Gasteiger partial charge in [0.15, 0.2) is 0 Å². The number of carbonyl (C=O) groups excluding carboxylic acids is 1. The van der Waals surface area contributed by atoms with Crippen LogP contribution >= 0.6 is 0 Å². The number of hydrogen-bond donors (Lipinski definition) is 1. The summed E-state index contributed by atoms with van der Waals surface area (Å²) in [5.41, 5.74) is 1.97. The smallest absolute Gasteiger partial charge is 0.261 e. The highest BCUT2D eigenvalue weighted by molar-refractivity contribution is 7.92. The molecule has 0 heterocycles. The molecular formula is C22H30N2O3S. The molecule has 0 unspecified atom stereocenters. The average Bonchev–Trinajstić information content (AvgIpc) is 2.67. The molecule has 0 radical (unpaired) electrons. The minimum absolute atomic E-state index is 0.111. The van der Waals surface area contributed by atoms with Crippen LogP contribution in [0.2, 0.25) is 0 Å². The summed E-state index contributed by atoms with van der Waals surface area (Å²) < 4.78 is 28.0. The summed E-state index contributed by atoms with van der Waals surface area (Å²) in [6.07, 6.45) is 2.00. The Hall–Kier alpha value is -2.34. The fraction of sp³-hybridized carbons (Fsp3) is 0.409. The Morgan fingerprint density at radius 2 is 1.68 bits per heavy atom. The van der Waals surface area contributed by atoms with Crippen LogP contribution in [0.25, 0.3) is 0 Å². The zero-order valence-corrected chi connectivity index (χ0v) is 17.9. The van der Waals surface area contributed by atoms with Crippen molar-refractivity contribution in [1.82, 2.24) is 4.90 Å². The first-order valence-corrected chi connectivity index (χ1v) is 11.3. The number of nitrogens with zero attached hydrogens (tertiary/aromatic N) is 1. The van der Waals surface area contributed by atoms with Crippen LogP contribution in [-0.2, 0) is 16.4 Å². The van der Waals surface area contributed by atoms with Crippen LogP contribution in [0.4, 0.5) is 5.69 Å². The van der Waals surface area contributed by atoms with Crippen molar-refractivity contribution in [3.05, 3.63) is 59.7 Å². The number of nitrogens with one attached hydrogen (secondary N) is 1. The van der Waals surface area contributed by atoms with Crippen molar-refractivity contribution in [2.24, 2.45) is 5.92 Å². The molecule has 0 saturated carbocycles. The fourth-order valence-electron chi connectivity index (χ4n) is 2.91. The van der Waals surface area contributed by atoms with Gasteiger partial charge in [-0.15, -0.1) is 0 Å². The average molecular weight is 403 g/mol. The summed E-state index contributed by atoms with van der Waals surface area (Å²) in [7, 11) is -3.71. The zero-order chi connectivity index (χ0) is 20.7. The van der Waals surface area contributed by atoms with E-state index in [4.69, 9.17) is 0 Å². The normalized spacial score (nSPS) is 11.5. The maximum Gasteiger partial charge on any atom is 0.261 e. The Balaban J connectivity index is 2.16. The van der Waals surface area contributed by atoms with Gasteiger partial charge in [-0.25, -0.2) is 8.42 Å². The molecule has 0 saturated heterocycles. The van der Waals surface area contributed by atoms with Gasteiger partial charge in [-0.3, -0.25) is 9.52 Å². The van der Waals surface area contributed by atoms with Gasteiger partial charge in [-0.1, -0.05) is 32.0 Å². The van der Waals surface area contributed by atoms with E-state index in [2.05, 4.69) is 18.6 Å². The van der Waals surface area contributed by atoms with E-state index in [1.165, 1.54) is 0 Å². The Labute approximate surface area is 168 Å². The van der Waals surface area contributed by atoms with Gasteiger partial charge in [0.25, 0.3) is 15.9 Å². The zero-order valence-electron chi connectivity index (χ0n) is 17.1. The third kappa shape index (κ3) is 5.83. The number of amides is 1. The van der Waals surface area contributed by atoms with E-state index in [-0.39, 0.29) is 10.8 Å². The van der Waals surface area contributed by atoms with E-state index in [0.29, 0.717) is 30.3 Å². The van der Waals surface area contributed by atoms with E-state index in [1.807, 2.05) is 26.0 Å². The summed E-state index contributed by atoms with van der Waals surface area (Å²) in [4.78, 5) is 14.4. The van der Waals surface area contributed by atoms with Crippen LogP contribution in [0.3, 0.4) is 0 Å². The number of anilines is 1. The number of benzene rings is 2. The lowest BCUT2D eigenvalue weighted by Crippen LogP contribution is -2.30. The molecule has 1 amide bonds. The molecule has 0 atom stereocenters. The van der Waals surface area contributed by atoms with Crippen LogP contribution in [0.15, 0.2) is 53.4 Å². The molecule has 2 aromatic carbocycles. The minimum atomic E-state index is -3.71. The third-order valence-corrected chi connectivity index (χ3v) is 6.05. The number of sulfonamides is 1. The molecule has 0 fully saturated rings. The number of rotatable bonds is 9. The van der Waals surface area contributed by atoms with E-state index in [0.717, 1.165) is 18.4 Å². The van der Waals surface area contributed by atoms with Gasteiger partial charge in [0, 0.05) is 24.3 Å². The lowest BCUT2D eigenvalue weighted by Gasteiger charge is -2.19. The molecule has 0 aliphatic carbocycles. The van der Waals surface area contributed by atoms with Crippen molar-refractivity contribution >= 4 is 21.6 Å². The SMILES string of the molecule is CCN(CC)C(=O)c1cccc(NS(=O)(=O)c2ccc(CCC(C)C)cc2)c1. The summed E-state index contributed by atoms with van der Waals surface area (Å²) in [6.45, 7) is 9.38. The Kier molecular flexibility index (Phi) is 7.63. The predicted molar refractivity (Wildman–Crippen MR) is 114 cm³/mol. The summed E-state index contributed by atoms with van der Waals surface area (Å²) >= 11 is 0. The maximum absolute atomic E-state index is 12.7. The van der Waals surface area contributed by atoms with Gasteiger partial charge in [-0.05, 0) is 68.5 Å². The van der Waals surface area contributed by atoms with E-state index < -0.39 is 10.0 Å². The quantitative estimate of drug-likeness (QED) is 0.669. The predicted octanol–water partition coefficient (Wildman–Crippen LogP) is 4.56. The van der Waals surface area contributed by atoms with Gasteiger partial charge < -0.3 is 4.90 Å². The van der Waals surface area contributed by atoms with E-state index in [9.17, 15) is 13.2 Å². The van der Waals surface area contributed by atoms with E-state index in [1.54, 1.807) is 41.3 Å². The molecule has 5 nitrogen and oxygen atoms in total. The number of carbonyl (C=O) groups is 1. The Morgan fingerprint density at radius 1 is 1.04 bits per heavy atom. The summed E-state index contributed by atoms with van der Waals surface area (Å²) in [6, 6.07) is 13.6. The van der Waals surface area contributed by atoms with Crippen molar-refractivity contribution in [3.63, 3.8) is 0 Å². The largest absolute Gasteiger partial charge is 0.339 e. The van der Waals surface area contributed by atoms with Gasteiger partial charge in [0.1, 0.15) is 0 Å². The Morgan fingerprint density at radius 3 is 2.25 bits per heavy atom. The number of aryl methyl sites for hydroxylation is 1. The van der Waals surface area contributed by atoms with Gasteiger partial charge in [0.2, 0.25) is 0 Å². The second-order valence-electron chi connectivity index (χ2n) is 7.24. The molecular weight excluding hydrogens is 372 g/mol. The van der Waals surface area contributed by atoms with Crippen LogP contribution in [0.5, 0.6) is 0 Å². The third-order valence-electron chi connectivity index (χ3n) is 4.66. The summed E-state index contributed by atoms with van der Waals surface area (Å²) in [5, 5.41) is 0. The molecule has 1 N–H and O–H groups in total. The minimum Gasteiger partial charge on any atom is -0.339 e. The second kappa shape index (κ2) is 9.73. The fourth-order valence-corrected chi connectivity index (χ4v) is 3.96. The molecule has 0 aliphatic heterocycles. The number of hydrogen-bond acceptors (Lipinski definition) is 3. The highest BCUT2D eigenvalue weighted by Crippen LogP contribution is 2.19. The van der Waals surface area contributed by atoms with Gasteiger partial charge in [-0.2, -0.15) is 0 Å². The van der Waals surface area contributed by atoms with Crippen LogP contribution in [-0.4, -0.2) is 32.3 Å². The van der Waals surface area contributed by atoms with Gasteiger partial charge >= 0.3 is 0 Å². The maximum atomic E-state index is 12.7. The molecule has 0 aromatic heterocycles. The molecule has 0 aliphatic rings. The van der Waals surface area contributed by atoms with Crippen molar-refractivity contribution in [1.29, 1.82) is 0 Å². The molecule has 6 heteroatoms. The monoisotopic (exact) mass is 402 g/mol. The molecule has 0 spiro atoms. The van der Waals surface area contributed by atoms with Crippen LogP contribution in [0, 0.1) is 5.92 Å². The van der Waals surface area contributed by atoms with Crippen LogP contribution < -0.4 is 4.72 Å². The first kappa shape index (κ1) is 22.0. The lowest BCUT2D eigenvalue weighted by atomic mass is 10.0.